The molecule has 1 aromatic heterocycles. The van der Waals surface area contributed by atoms with E-state index in [-0.39, 0.29) is 29.2 Å². The Morgan fingerprint density at radius 2 is 1.90 bits per heavy atom. The van der Waals surface area contributed by atoms with Crippen molar-refractivity contribution in [1.29, 1.82) is 0 Å². The molecule has 0 spiro atoms. The molecule has 0 amide bonds. The number of benzene rings is 1. The van der Waals surface area contributed by atoms with E-state index in [1.165, 1.54) is 49.0 Å². The number of non-ortho nitro benzene ring substituents is 1. The van der Waals surface area contributed by atoms with Crippen molar-refractivity contribution < 1.29 is 14.5 Å². The van der Waals surface area contributed by atoms with Gasteiger partial charge in [-0.3, -0.25) is 24.0 Å². The minimum atomic E-state index is -0.884. The Bertz CT molecular complexity index is 1200. The number of nitrogens with zero attached hydrogens (tertiary/aromatic N) is 3. The van der Waals surface area contributed by atoms with E-state index in [1.54, 1.807) is 6.92 Å². The fourth-order valence-corrected chi connectivity index (χ4v) is 3.49. The van der Waals surface area contributed by atoms with E-state index >= 15 is 0 Å². The second-order valence-electron chi connectivity index (χ2n) is 6.80. The molecule has 10 heteroatoms. The molecule has 10 nitrogen and oxygen atoms in total. The molecule has 0 saturated carbocycles. The maximum atomic E-state index is 13.0. The van der Waals surface area contributed by atoms with E-state index in [0.29, 0.717) is 11.3 Å². The number of nitro groups is 1. The van der Waals surface area contributed by atoms with E-state index in [1.807, 2.05) is 0 Å². The van der Waals surface area contributed by atoms with Crippen LogP contribution >= 0.6 is 0 Å². The van der Waals surface area contributed by atoms with Gasteiger partial charge in [-0.2, -0.15) is 0 Å². The van der Waals surface area contributed by atoms with E-state index in [9.17, 15) is 24.5 Å². The van der Waals surface area contributed by atoms with E-state index in [4.69, 9.17) is 4.74 Å². The first-order chi connectivity index (χ1) is 14.2. The lowest BCUT2D eigenvalue weighted by molar-refractivity contribution is -0.384. The Kier molecular flexibility index (Phi) is 5.41. The topological polar surface area (TPSA) is 125 Å². The third kappa shape index (κ3) is 3.32. The third-order valence-electron chi connectivity index (χ3n) is 4.98. The van der Waals surface area contributed by atoms with Gasteiger partial charge in [-0.05, 0) is 12.5 Å². The van der Waals surface area contributed by atoms with Gasteiger partial charge in [0.2, 0.25) is 0 Å². The van der Waals surface area contributed by atoms with Crippen molar-refractivity contribution in [1.82, 2.24) is 9.13 Å². The zero-order valence-electron chi connectivity index (χ0n) is 16.7. The number of rotatable bonds is 5. The SMILES string of the molecule is C=CCOC(=O)C1=C(C)Nc2c(c(=O)n(C)c(=O)n2C)[C@H]1c1ccc([N+](=O)[O-])cc1. The van der Waals surface area contributed by atoms with E-state index in [0.717, 1.165) is 4.57 Å². The highest BCUT2D eigenvalue weighted by Crippen LogP contribution is 2.40. The number of hydrogen-bond donors (Lipinski definition) is 1. The molecule has 1 aliphatic rings. The Morgan fingerprint density at radius 3 is 2.47 bits per heavy atom. The summed E-state index contributed by atoms with van der Waals surface area (Å²) in [5.41, 5.74) is -0.00635. The molecule has 1 aromatic carbocycles. The first-order valence-electron chi connectivity index (χ1n) is 8.99. The minimum Gasteiger partial charge on any atom is -0.458 e. The van der Waals surface area contributed by atoms with Crippen molar-refractivity contribution in [2.45, 2.75) is 12.8 Å². The number of carbonyl (C=O) groups is 1. The standard InChI is InChI=1S/C20H20N4O6/c1-5-10-30-19(26)14-11(2)21-17-16(18(25)23(4)20(27)22(17)3)15(14)12-6-8-13(9-7-12)24(28)29/h5-9,15,21H,1,10H2,2-4H3/t15-/m0/s1. The molecule has 1 atom stereocenters. The summed E-state index contributed by atoms with van der Waals surface area (Å²) in [7, 11) is 2.85. The molecular weight excluding hydrogens is 392 g/mol. The van der Waals surface area contributed by atoms with Gasteiger partial charge in [-0.1, -0.05) is 24.8 Å². The van der Waals surface area contributed by atoms with Gasteiger partial charge in [0.15, 0.2) is 0 Å². The molecule has 0 bridgehead atoms. The quantitative estimate of drug-likeness (QED) is 0.342. The van der Waals surface area contributed by atoms with Crippen LogP contribution < -0.4 is 16.6 Å². The predicted octanol–water partition coefficient (Wildman–Crippen LogP) is 1.55. The van der Waals surface area contributed by atoms with Gasteiger partial charge >= 0.3 is 11.7 Å². The molecule has 3 rings (SSSR count). The van der Waals surface area contributed by atoms with Crippen LogP contribution in [0.1, 0.15) is 24.0 Å². The van der Waals surface area contributed by atoms with E-state index in [2.05, 4.69) is 11.9 Å². The molecule has 1 aliphatic heterocycles. The van der Waals surface area contributed by atoms with Crippen molar-refractivity contribution in [3.63, 3.8) is 0 Å². The number of ether oxygens (including phenoxy) is 1. The van der Waals surface area contributed by atoms with Gasteiger partial charge in [-0.25, -0.2) is 9.59 Å². The van der Waals surface area contributed by atoms with Crippen LogP contribution in [0.2, 0.25) is 0 Å². The lowest BCUT2D eigenvalue weighted by Crippen LogP contribution is -2.43. The summed E-state index contributed by atoms with van der Waals surface area (Å²) in [6.07, 6.45) is 1.42. The second-order valence-corrected chi connectivity index (χ2v) is 6.80. The molecule has 1 N–H and O–H groups in total. The molecule has 30 heavy (non-hydrogen) atoms. The number of nitrogens with one attached hydrogen (secondary N) is 1. The summed E-state index contributed by atoms with van der Waals surface area (Å²) in [5, 5.41) is 14.0. The van der Waals surface area contributed by atoms with Crippen LogP contribution in [-0.2, 0) is 23.6 Å². The van der Waals surface area contributed by atoms with Crippen molar-refractivity contribution in [3.05, 3.63) is 90.3 Å². The Hall–Kier alpha value is -3.95. The number of esters is 1. The van der Waals surface area contributed by atoms with Crippen molar-refractivity contribution >= 4 is 17.5 Å². The Labute approximate surface area is 170 Å². The predicted molar refractivity (Wildman–Crippen MR) is 109 cm³/mol. The van der Waals surface area contributed by atoms with Crippen molar-refractivity contribution in [3.8, 4) is 0 Å². The molecule has 2 aromatic rings. The van der Waals surface area contributed by atoms with Crippen LogP contribution in [0.4, 0.5) is 11.5 Å². The Morgan fingerprint density at radius 1 is 1.27 bits per heavy atom. The Balaban J connectivity index is 2.31. The lowest BCUT2D eigenvalue weighted by Gasteiger charge is -2.30. The van der Waals surface area contributed by atoms with Crippen LogP contribution in [0.15, 0.2) is 57.8 Å². The van der Waals surface area contributed by atoms with Crippen LogP contribution in [0.5, 0.6) is 0 Å². The number of nitro benzene ring substituents is 1. The van der Waals surface area contributed by atoms with Gasteiger partial charge in [0, 0.05) is 31.9 Å². The van der Waals surface area contributed by atoms with Crippen LogP contribution in [-0.4, -0.2) is 26.6 Å². The molecule has 0 fully saturated rings. The average molecular weight is 412 g/mol. The van der Waals surface area contributed by atoms with Gasteiger partial charge in [0.25, 0.3) is 11.2 Å². The molecule has 156 valence electrons. The molecular formula is C20H20N4O6. The van der Waals surface area contributed by atoms with Gasteiger partial charge in [0.05, 0.1) is 22.0 Å². The summed E-state index contributed by atoms with van der Waals surface area (Å²) < 4.78 is 7.45. The largest absolute Gasteiger partial charge is 0.458 e. The third-order valence-corrected chi connectivity index (χ3v) is 4.98. The fraction of sp³-hybridized carbons (Fsp3) is 0.250. The van der Waals surface area contributed by atoms with Gasteiger partial charge in [-0.15, -0.1) is 0 Å². The molecule has 0 aliphatic carbocycles. The van der Waals surface area contributed by atoms with Crippen LogP contribution in [0.25, 0.3) is 0 Å². The number of fused-ring (bicyclic) bond motifs is 1. The van der Waals surface area contributed by atoms with Crippen LogP contribution in [0, 0.1) is 10.1 Å². The second kappa shape index (κ2) is 7.82. The molecule has 0 saturated heterocycles. The van der Waals surface area contributed by atoms with Gasteiger partial charge in [0.1, 0.15) is 12.4 Å². The summed E-state index contributed by atoms with van der Waals surface area (Å²) in [6, 6.07) is 5.56. The maximum absolute atomic E-state index is 13.0. The summed E-state index contributed by atoms with van der Waals surface area (Å²) in [6.45, 7) is 5.12. The molecule has 0 radical (unpaired) electrons. The number of allylic oxidation sites excluding steroid dienone is 1. The first-order valence-corrected chi connectivity index (χ1v) is 8.99. The van der Waals surface area contributed by atoms with E-state index < -0.39 is 28.1 Å². The number of carbonyl (C=O) groups excluding carboxylic acids is 1. The number of aromatic nitrogens is 2. The fourth-order valence-electron chi connectivity index (χ4n) is 3.49. The average Bonchev–Trinajstić information content (AvgIpc) is 2.73. The number of hydrogen-bond acceptors (Lipinski definition) is 7. The monoisotopic (exact) mass is 412 g/mol. The minimum absolute atomic E-state index is 0.0270. The maximum Gasteiger partial charge on any atom is 0.337 e. The summed E-state index contributed by atoms with van der Waals surface area (Å²) in [5.74, 6) is -1.29. The normalized spacial score (nSPS) is 15.2. The number of anilines is 1. The summed E-state index contributed by atoms with van der Waals surface area (Å²) in [4.78, 5) is 48.7. The highest BCUT2D eigenvalue weighted by Gasteiger charge is 2.37. The van der Waals surface area contributed by atoms with Crippen molar-refractivity contribution in [2.75, 3.05) is 11.9 Å². The zero-order valence-corrected chi connectivity index (χ0v) is 16.7. The molecule has 0 unspecified atom stereocenters. The first kappa shape index (κ1) is 20.8. The summed E-state index contributed by atoms with van der Waals surface area (Å²) >= 11 is 0. The highest BCUT2D eigenvalue weighted by atomic mass is 16.6. The van der Waals surface area contributed by atoms with Crippen LogP contribution in [0.3, 0.4) is 0 Å². The zero-order chi connectivity index (χ0) is 22.2. The highest BCUT2D eigenvalue weighted by molar-refractivity contribution is 5.94. The smallest absolute Gasteiger partial charge is 0.337 e. The van der Waals surface area contributed by atoms with Crippen molar-refractivity contribution in [2.24, 2.45) is 14.1 Å². The lowest BCUT2D eigenvalue weighted by atomic mass is 9.82. The molecule has 2 heterocycles. The van der Waals surface area contributed by atoms with Gasteiger partial charge < -0.3 is 10.1 Å².